The summed E-state index contributed by atoms with van der Waals surface area (Å²) in [6.07, 6.45) is 3.65. The molecule has 1 atom stereocenters. The molecule has 2 aromatic heterocycles. The lowest BCUT2D eigenvalue weighted by molar-refractivity contribution is 0.647. The Hall–Kier alpha value is -0.940. The molecule has 0 aromatic carbocycles. The largest absolute Gasteiger partial charge is 0.328 e. The molecule has 0 radical (unpaired) electrons. The molecule has 1 unspecified atom stereocenters. The number of nitrogens with two attached hydrogens (primary N) is 1. The molecule has 15 heavy (non-hydrogen) atoms. The third-order valence-corrected chi connectivity index (χ3v) is 2.63. The second-order valence-electron chi connectivity index (χ2n) is 3.69. The van der Waals surface area contributed by atoms with Gasteiger partial charge < -0.3 is 5.73 Å². The molecule has 5 heteroatoms. The van der Waals surface area contributed by atoms with E-state index in [1.54, 1.807) is 4.52 Å². The quantitative estimate of drug-likeness (QED) is 0.923. The minimum Gasteiger partial charge on any atom is -0.328 e. The maximum atomic E-state index is 5.69. The van der Waals surface area contributed by atoms with Gasteiger partial charge in [0.25, 0.3) is 0 Å². The summed E-state index contributed by atoms with van der Waals surface area (Å²) in [5.74, 6) is 0.852. The molecule has 0 bridgehead atoms. The number of halogens is 1. The van der Waals surface area contributed by atoms with Crippen molar-refractivity contribution in [1.29, 1.82) is 0 Å². The molecule has 2 heterocycles. The predicted molar refractivity (Wildman–Crippen MR) is 62.7 cm³/mol. The van der Waals surface area contributed by atoms with E-state index in [0.717, 1.165) is 28.8 Å². The Morgan fingerprint density at radius 3 is 3.07 bits per heavy atom. The van der Waals surface area contributed by atoms with Crippen LogP contribution in [0, 0.1) is 0 Å². The maximum absolute atomic E-state index is 5.69. The van der Waals surface area contributed by atoms with Crippen molar-refractivity contribution in [1.82, 2.24) is 14.6 Å². The molecule has 0 fully saturated rings. The average molecular weight is 269 g/mol. The van der Waals surface area contributed by atoms with Gasteiger partial charge in [-0.3, -0.25) is 0 Å². The Kier molecular flexibility index (Phi) is 3.02. The van der Waals surface area contributed by atoms with E-state index in [-0.39, 0.29) is 6.04 Å². The van der Waals surface area contributed by atoms with Crippen LogP contribution in [0.4, 0.5) is 0 Å². The molecule has 2 N–H and O–H groups in total. The Bertz CT molecular complexity index is 463. The summed E-state index contributed by atoms with van der Waals surface area (Å²) in [5.41, 5.74) is 6.56. The molecule has 2 aromatic rings. The number of aryl methyl sites for hydroxylation is 1. The third-order valence-electron chi connectivity index (χ3n) is 2.16. The van der Waals surface area contributed by atoms with Gasteiger partial charge in [0.05, 0.1) is 0 Å². The number of fused-ring (bicyclic) bond motifs is 1. The molecule has 0 amide bonds. The van der Waals surface area contributed by atoms with Gasteiger partial charge in [0.2, 0.25) is 0 Å². The van der Waals surface area contributed by atoms with Gasteiger partial charge in [-0.25, -0.2) is 9.50 Å². The van der Waals surface area contributed by atoms with Crippen molar-refractivity contribution in [2.45, 2.75) is 25.8 Å². The molecular weight excluding hydrogens is 256 g/mol. The highest BCUT2D eigenvalue weighted by Gasteiger charge is 2.04. The number of pyridine rings is 1. The monoisotopic (exact) mass is 268 g/mol. The summed E-state index contributed by atoms with van der Waals surface area (Å²) in [6.45, 7) is 1.99. The van der Waals surface area contributed by atoms with Crippen molar-refractivity contribution in [3.63, 3.8) is 0 Å². The SMILES string of the molecule is CC(N)CCc1nc2ccc(Br)cn2n1. The summed E-state index contributed by atoms with van der Waals surface area (Å²) < 4.78 is 2.78. The van der Waals surface area contributed by atoms with Gasteiger partial charge in [0.1, 0.15) is 0 Å². The van der Waals surface area contributed by atoms with Crippen LogP contribution in [0.25, 0.3) is 5.65 Å². The first kappa shape index (κ1) is 10.6. The van der Waals surface area contributed by atoms with E-state index in [0.29, 0.717) is 0 Å². The van der Waals surface area contributed by atoms with Crippen molar-refractivity contribution in [2.75, 3.05) is 0 Å². The van der Waals surface area contributed by atoms with Gasteiger partial charge in [-0.2, -0.15) is 5.10 Å². The fourth-order valence-electron chi connectivity index (χ4n) is 1.37. The molecule has 0 saturated carbocycles. The van der Waals surface area contributed by atoms with Crippen molar-refractivity contribution >= 4 is 21.6 Å². The van der Waals surface area contributed by atoms with E-state index < -0.39 is 0 Å². The highest BCUT2D eigenvalue weighted by molar-refractivity contribution is 9.10. The summed E-state index contributed by atoms with van der Waals surface area (Å²) >= 11 is 3.40. The Morgan fingerprint density at radius 1 is 1.53 bits per heavy atom. The normalized spacial score (nSPS) is 13.3. The number of rotatable bonds is 3. The van der Waals surface area contributed by atoms with Gasteiger partial charge in [0.15, 0.2) is 11.5 Å². The van der Waals surface area contributed by atoms with E-state index >= 15 is 0 Å². The summed E-state index contributed by atoms with van der Waals surface area (Å²) in [5, 5.41) is 4.37. The zero-order valence-electron chi connectivity index (χ0n) is 8.52. The Labute approximate surface area is 96.6 Å². The number of hydrogen-bond donors (Lipinski definition) is 1. The lowest BCUT2D eigenvalue weighted by Gasteiger charge is -1.99. The van der Waals surface area contributed by atoms with Crippen LogP contribution in [0.1, 0.15) is 19.2 Å². The molecule has 0 aliphatic rings. The van der Waals surface area contributed by atoms with Crippen LogP contribution < -0.4 is 5.73 Å². The standard InChI is InChI=1S/C10H13BrN4/c1-7(12)2-4-9-13-10-5-3-8(11)6-15(10)14-9/h3,5-7H,2,4,12H2,1H3. The summed E-state index contributed by atoms with van der Waals surface area (Å²) in [7, 11) is 0. The van der Waals surface area contributed by atoms with E-state index in [4.69, 9.17) is 5.73 Å². The van der Waals surface area contributed by atoms with E-state index in [9.17, 15) is 0 Å². The lowest BCUT2D eigenvalue weighted by atomic mass is 10.2. The van der Waals surface area contributed by atoms with Crippen LogP contribution in [-0.2, 0) is 6.42 Å². The maximum Gasteiger partial charge on any atom is 0.155 e. The van der Waals surface area contributed by atoms with Crippen molar-refractivity contribution < 1.29 is 0 Å². The molecular formula is C10H13BrN4. The Balaban J connectivity index is 2.23. The minimum atomic E-state index is 0.198. The van der Waals surface area contributed by atoms with Crippen molar-refractivity contribution in [2.24, 2.45) is 5.73 Å². The molecule has 4 nitrogen and oxygen atoms in total. The highest BCUT2D eigenvalue weighted by Crippen LogP contribution is 2.11. The summed E-state index contributed by atoms with van der Waals surface area (Å²) in [6, 6.07) is 4.09. The minimum absolute atomic E-state index is 0.198. The number of nitrogens with zero attached hydrogens (tertiary/aromatic N) is 3. The first-order valence-corrected chi connectivity index (χ1v) is 5.71. The molecule has 2 rings (SSSR count). The van der Waals surface area contributed by atoms with Gasteiger partial charge >= 0.3 is 0 Å². The predicted octanol–water partition coefficient (Wildman–Crippen LogP) is 1.77. The van der Waals surface area contributed by atoms with Crippen LogP contribution in [-0.4, -0.2) is 20.6 Å². The van der Waals surface area contributed by atoms with Crippen LogP contribution in [0.5, 0.6) is 0 Å². The van der Waals surface area contributed by atoms with Gasteiger partial charge in [-0.05, 0) is 41.4 Å². The summed E-state index contributed by atoms with van der Waals surface area (Å²) in [4.78, 5) is 4.40. The van der Waals surface area contributed by atoms with Crippen molar-refractivity contribution in [3.05, 3.63) is 28.6 Å². The third kappa shape index (κ3) is 2.54. The smallest absolute Gasteiger partial charge is 0.155 e. The topological polar surface area (TPSA) is 56.2 Å². The van der Waals surface area contributed by atoms with E-state index in [2.05, 4.69) is 26.0 Å². The van der Waals surface area contributed by atoms with Crippen LogP contribution >= 0.6 is 15.9 Å². The average Bonchev–Trinajstić information content (AvgIpc) is 2.56. The fourth-order valence-corrected chi connectivity index (χ4v) is 1.69. The highest BCUT2D eigenvalue weighted by atomic mass is 79.9. The van der Waals surface area contributed by atoms with E-state index in [1.165, 1.54) is 0 Å². The lowest BCUT2D eigenvalue weighted by Crippen LogP contribution is -2.15. The Morgan fingerprint density at radius 2 is 2.33 bits per heavy atom. The number of hydrogen-bond acceptors (Lipinski definition) is 3. The molecule has 0 saturated heterocycles. The first-order chi connectivity index (χ1) is 7.15. The zero-order valence-corrected chi connectivity index (χ0v) is 10.1. The second-order valence-corrected chi connectivity index (χ2v) is 4.61. The van der Waals surface area contributed by atoms with Crippen LogP contribution in [0.15, 0.2) is 22.8 Å². The van der Waals surface area contributed by atoms with Gasteiger partial charge in [-0.15, -0.1) is 0 Å². The fraction of sp³-hybridized carbons (Fsp3) is 0.400. The molecule has 0 spiro atoms. The van der Waals surface area contributed by atoms with Crippen LogP contribution in [0.3, 0.4) is 0 Å². The van der Waals surface area contributed by atoms with E-state index in [1.807, 2.05) is 25.3 Å². The molecule has 0 aliphatic carbocycles. The number of aromatic nitrogens is 3. The first-order valence-electron chi connectivity index (χ1n) is 4.91. The molecule has 0 aliphatic heterocycles. The second kappa shape index (κ2) is 4.28. The van der Waals surface area contributed by atoms with Gasteiger partial charge in [0, 0.05) is 23.1 Å². The zero-order chi connectivity index (χ0) is 10.8. The van der Waals surface area contributed by atoms with Crippen molar-refractivity contribution in [3.8, 4) is 0 Å². The molecule has 80 valence electrons. The van der Waals surface area contributed by atoms with Crippen LogP contribution in [0.2, 0.25) is 0 Å². The van der Waals surface area contributed by atoms with Gasteiger partial charge in [-0.1, -0.05) is 0 Å².